The molecule has 11 heteroatoms. The lowest BCUT2D eigenvalue weighted by Crippen LogP contribution is -2.27. The van der Waals surface area contributed by atoms with E-state index in [1.54, 1.807) is 48.5 Å². The predicted molar refractivity (Wildman–Crippen MR) is 254 cm³/mol. The first kappa shape index (κ1) is 56.3. The summed E-state index contributed by atoms with van der Waals surface area (Å²) in [6.45, 7) is 4.13. The summed E-state index contributed by atoms with van der Waals surface area (Å²) in [7, 11) is 2.95. The number of unbranched alkanes of at least 4 members (excludes halogenated alkanes) is 26. The van der Waals surface area contributed by atoms with Crippen LogP contribution in [0.5, 0.6) is 11.5 Å². The molecule has 0 radical (unpaired) electrons. The smallest absolute Gasteiger partial charge is 0.496 e. The fourth-order valence-electron chi connectivity index (χ4n) is 7.76. The van der Waals surface area contributed by atoms with Gasteiger partial charge >= 0.3 is 18.1 Å². The van der Waals surface area contributed by atoms with Gasteiger partial charge in [-0.3, -0.25) is 9.78 Å². The van der Waals surface area contributed by atoms with Gasteiger partial charge < -0.3 is 18.9 Å². The number of carbonyl (C=O) groups is 3. The zero-order valence-corrected chi connectivity index (χ0v) is 40.4. The molecule has 0 aromatic heterocycles. The Morgan fingerprint density at radius 1 is 0.406 bits per heavy atom. The third-order valence-electron chi connectivity index (χ3n) is 11.7. The normalized spacial score (nSPS) is 12.1. The number of benzene rings is 2. The zero-order chi connectivity index (χ0) is 46.1. The molecule has 0 saturated carbocycles. The van der Waals surface area contributed by atoms with Gasteiger partial charge in [-0.2, -0.15) is 9.78 Å². The summed E-state index contributed by atoms with van der Waals surface area (Å²) in [4.78, 5) is 60.4. The van der Waals surface area contributed by atoms with Crippen LogP contribution in [0.4, 0.5) is 4.79 Å². The van der Waals surface area contributed by atoms with Crippen LogP contribution in [0.25, 0.3) is 0 Å². The highest BCUT2D eigenvalue weighted by Crippen LogP contribution is 2.22. The van der Waals surface area contributed by atoms with Crippen LogP contribution in [-0.4, -0.2) is 57.7 Å². The van der Waals surface area contributed by atoms with Gasteiger partial charge in [-0.05, 0) is 37.1 Å². The van der Waals surface area contributed by atoms with Crippen LogP contribution >= 0.6 is 0 Å². The first-order valence-electron chi connectivity index (χ1n) is 25.2. The van der Waals surface area contributed by atoms with E-state index in [4.69, 9.17) is 38.5 Å². The summed E-state index contributed by atoms with van der Waals surface area (Å²) in [6.07, 6.45) is 33.1. The number of ether oxygens (including phenoxy) is 4. The molecule has 0 fully saturated rings. The Labute approximate surface area is 387 Å². The van der Waals surface area contributed by atoms with Gasteiger partial charge in [0.1, 0.15) is 48.0 Å². The summed E-state index contributed by atoms with van der Waals surface area (Å²) in [5.74, 6) is -0.702. The van der Waals surface area contributed by atoms with E-state index in [9.17, 15) is 14.4 Å². The molecule has 2 unspecified atom stereocenters. The van der Waals surface area contributed by atoms with Gasteiger partial charge in [-0.1, -0.05) is 218 Å². The monoisotopic (exact) mass is 899 g/mol. The summed E-state index contributed by atoms with van der Waals surface area (Å²) < 4.78 is 21.6. The second kappa shape index (κ2) is 39.5. The van der Waals surface area contributed by atoms with Crippen LogP contribution in [0.15, 0.2) is 48.5 Å². The van der Waals surface area contributed by atoms with Crippen molar-refractivity contribution in [1.82, 2.24) is 0 Å². The van der Waals surface area contributed by atoms with Crippen molar-refractivity contribution in [1.29, 1.82) is 0 Å². The Hall–Kier alpha value is -3.83. The average molecular weight is 899 g/mol. The number of hydrogen-bond donors (Lipinski definition) is 0. The predicted octanol–water partition coefficient (Wildman–Crippen LogP) is 15.2. The molecule has 364 valence electrons. The van der Waals surface area contributed by atoms with Gasteiger partial charge in [0, 0.05) is 0 Å². The fraction of sp³-hybridized carbons (Fsp3) is 0.717. The summed E-state index contributed by atoms with van der Waals surface area (Å²) >= 11 is 0. The fourth-order valence-corrected chi connectivity index (χ4v) is 7.76. The Morgan fingerprint density at radius 2 is 0.688 bits per heavy atom. The van der Waals surface area contributed by atoms with Gasteiger partial charge in [-0.15, -0.1) is 0 Å². The van der Waals surface area contributed by atoms with Gasteiger partial charge in [0.15, 0.2) is 0 Å². The third-order valence-corrected chi connectivity index (χ3v) is 11.7. The van der Waals surface area contributed by atoms with Gasteiger partial charge in [-0.25, -0.2) is 14.4 Å². The maximum atomic E-state index is 12.9. The van der Waals surface area contributed by atoms with Crippen molar-refractivity contribution in [2.45, 2.75) is 219 Å². The van der Waals surface area contributed by atoms with E-state index in [0.717, 1.165) is 38.5 Å². The van der Waals surface area contributed by atoms with Crippen molar-refractivity contribution in [3.05, 3.63) is 59.7 Å². The molecule has 0 aliphatic rings. The molecule has 2 aromatic rings. The average Bonchev–Trinajstić information content (AvgIpc) is 3.32. The topological polar surface area (TPSA) is 125 Å². The largest absolute Gasteiger partial charge is 0.508 e. The number of para-hydroxylation sites is 2. The van der Waals surface area contributed by atoms with E-state index in [0.29, 0.717) is 24.3 Å². The van der Waals surface area contributed by atoms with Crippen molar-refractivity contribution in [2.75, 3.05) is 27.4 Å². The molecule has 64 heavy (non-hydrogen) atoms. The van der Waals surface area contributed by atoms with Crippen molar-refractivity contribution < 1.29 is 52.9 Å². The Balaban J connectivity index is 1.84. The van der Waals surface area contributed by atoms with E-state index in [-0.39, 0.29) is 24.3 Å². The Bertz CT molecular complexity index is 1340. The van der Waals surface area contributed by atoms with Crippen molar-refractivity contribution in [3.8, 4) is 11.5 Å². The number of methoxy groups -OCH3 is 2. The molecule has 0 amide bonds. The molecule has 0 heterocycles. The van der Waals surface area contributed by atoms with Crippen molar-refractivity contribution in [3.63, 3.8) is 0 Å². The van der Waals surface area contributed by atoms with Gasteiger partial charge in [0.2, 0.25) is 0 Å². The van der Waals surface area contributed by atoms with Gasteiger partial charge in [0.25, 0.3) is 0 Å². The molecule has 2 atom stereocenters. The standard InChI is InChI=1S/C53H86O11/c1-5-7-9-11-13-15-17-19-21-23-25-27-29-31-37-45(61-63-51(54)47-39-33-35-41-49(47)57-3)43-59-53(56)60-44-46(62-64-52(55)48-40-34-36-42-50(48)58-4)38-32-30-28-26-24-22-20-18-16-14-12-10-8-6-2/h33-36,39-42,45-46H,5-32,37-38,43-44H2,1-4H3. The maximum Gasteiger partial charge on any atom is 0.508 e. The molecule has 2 rings (SSSR count). The molecule has 0 spiro atoms. The van der Waals surface area contributed by atoms with Crippen molar-refractivity contribution >= 4 is 18.1 Å². The van der Waals surface area contributed by atoms with Crippen LogP contribution in [-0.2, 0) is 29.0 Å². The SMILES string of the molecule is CCCCCCCCCCCCCCCCC(COC(=O)OCC(CCCCCCCCCCCCCCCC)OOC(=O)c1ccccc1OC)OOC(=O)c1ccccc1OC. The highest BCUT2D eigenvalue weighted by Gasteiger charge is 2.23. The minimum Gasteiger partial charge on any atom is -0.496 e. The second-order valence-electron chi connectivity index (χ2n) is 17.2. The van der Waals surface area contributed by atoms with Crippen LogP contribution in [0, 0.1) is 0 Å². The van der Waals surface area contributed by atoms with Crippen LogP contribution in [0.2, 0.25) is 0 Å². The molecule has 0 aliphatic heterocycles. The Kier molecular flexibility index (Phi) is 34.8. The van der Waals surface area contributed by atoms with E-state index < -0.39 is 30.3 Å². The first-order valence-corrected chi connectivity index (χ1v) is 25.2. The summed E-state index contributed by atoms with van der Waals surface area (Å²) in [5.41, 5.74) is 0.439. The molecule has 0 bridgehead atoms. The number of carbonyl (C=O) groups excluding carboxylic acids is 3. The highest BCUT2D eigenvalue weighted by molar-refractivity contribution is 5.92. The molecule has 0 N–H and O–H groups in total. The van der Waals surface area contributed by atoms with Crippen LogP contribution in [0.1, 0.15) is 227 Å². The van der Waals surface area contributed by atoms with E-state index in [1.165, 1.54) is 155 Å². The first-order chi connectivity index (χ1) is 31.4. The lowest BCUT2D eigenvalue weighted by atomic mass is 10.0. The molecular weight excluding hydrogens is 813 g/mol. The molecule has 0 aliphatic carbocycles. The van der Waals surface area contributed by atoms with Gasteiger partial charge in [0.05, 0.1) is 14.2 Å². The van der Waals surface area contributed by atoms with E-state index in [1.807, 2.05) is 0 Å². The molecule has 2 aromatic carbocycles. The highest BCUT2D eigenvalue weighted by atomic mass is 17.2. The summed E-state index contributed by atoms with van der Waals surface area (Å²) in [6, 6.07) is 13.4. The second-order valence-corrected chi connectivity index (χ2v) is 17.2. The van der Waals surface area contributed by atoms with Crippen LogP contribution < -0.4 is 9.47 Å². The summed E-state index contributed by atoms with van der Waals surface area (Å²) in [5, 5.41) is 0. The van der Waals surface area contributed by atoms with Crippen molar-refractivity contribution in [2.24, 2.45) is 0 Å². The lowest BCUT2D eigenvalue weighted by Gasteiger charge is -2.18. The number of hydrogen-bond acceptors (Lipinski definition) is 11. The van der Waals surface area contributed by atoms with Crippen LogP contribution in [0.3, 0.4) is 0 Å². The number of rotatable bonds is 42. The molecule has 0 saturated heterocycles. The molecule has 11 nitrogen and oxygen atoms in total. The zero-order valence-electron chi connectivity index (χ0n) is 40.4. The maximum absolute atomic E-state index is 12.9. The third kappa shape index (κ3) is 28.2. The minimum absolute atomic E-state index is 0.191. The lowest BCUT2D eigenvalue weighted by molar-refractivity contribution is -0.285. The molecular formula is C53H86O11. The van der Waals surface area contributed by atoms with E-state index >= 15 is 0 Å². The quantitative estimate of drug-likeness (QED) is 0.0274. The minimum atomic E-state index is -0.934. The Morgan fingerprint density at radius 3 is 0.984 bits per heavy atom. The van der Waals surface area contributed by atoms with E-state index in [2.05, 4.69) is 13.8 Å².